The van der Waals surface area contributed by atoms with Crippen LogP contribution in [0.15, 0.2) is 65.6 Å². The van der Waals surface area contributed by atoms with Crippen molar-refractivity contribution in [3.05, 3.63) is 82.3 Å². The van der Waals surface area contributed by atoms with E-state index < -0.39 is 5.97 Å². The van der Waals surface area contributed by atoms with Crippen molar-refractivity contribution in [3.63, 3.8) is 0 Å². The van der Waals surface area contributed by atoms with Crippen LogP contribution in [-0.4, -0.2) is 62.1 Å². The van der Waals surface area contributed by atoms with Crippen LogP contribution in [-0.2, 0) is 11.3 Å². The van der Waals surface area contributed by atoms with Crippen LogP contribution in [0.5, 0.6) is 0 Å². The molecule has 0 aliphatic carbocycles. The molecule has 34 heavy (non-hydrogen) atoms. The molecule has 0 aliphatic rings. The number of aromatic nitrogens is 1. The summed E-state index contributed by atoms with van der Waals surface area (Å²) in [5.41, 5.74) is 3.58. The maximum atomic E-state index is 12.7. The summed E-state index contributed by atoms with van der Waals surface area (Å²) < 4.78 is 5.00. The normalized spacial score (nSPS) is 11.6. The molecule has 0 unspecified atom stereocenters. The molecule has 0 fully saturated rings. The number of esters is 1. The Morgan fingerprint density at radius 2 is 1.74 bits per heavy atom. The largest absolute Gasteiger partial charge is 0.465 e. The Kier molecular flexibility index (Phi) is 7.10. The molecule has 0 radical (unpaired) electrons. The zero-order valence-corrected chi connectivity index (χ0v) is 20.2. The zero-order valence-electron chi connectivity index (χ0n) is 20.2. The van der Waals surface area contributed by atoms with Gasteiger partial charge < -0.3 is 19.5 Å². The lowest BCUT2D eigenvalue weighted by Crippen LogP contribution is -2.23. The Morgan fingerprint density at radius 3 is 2.50 bits per heavy atom. The first-order valence-corrected chi connectivity index (χ1v) is 11.5. The van der Waals surface area contributed by atoms with Crippen molar-refractivity contribution in [1.82, 2.24) is 14.8 Å². The number of pyridine rings is 1. The fourth-order valence-electron chi connectivity index (χ4n) is 4.47. The minimum atomic E-state index is -0.417. The van der Waals surface area contributed by atoms with Crippen LogP contribution < -0.4 is 5.56 Å². The number of carbonyl (C=O) groups is 1. The van der Waals surface area contributed by atoms with E-state index in [9.17, 15) is 9.59 Å². The van der Waals surface area contributed by atoms with Gasteiger partial charge in [-0.3, -0.25) is 4.79 Å². The molecule has 4 rings (SSSR count). The number of methoxy groups -OCH3 is 1. The van der Waals surface area contributed by atoms with Gasteiger partial charge in [0.1, 0.15) is 0 Å². The SMILES string of the molecule is COC(=O)c1cc2cc[nH]c(=O)c2c2cc(-c3cccc(CN(C)CCCN(C)C)c3)ccc12. The molecule has 0 saturated carbocycles. The molecule has 0 spiro atoms. The molecule has 0 amide bonds. The van der Waals surface area contributed by atoms with Crippen LogP contribution in [0.1, 0.15) is 22.3 Å². The summed E-state index contributed by atoms with van der Waals surface area (Å²) in [6.45, 7) is 2.97. The number of hydrogen-bond acceptors (Lipinski definition) is 5. The van der Waals surface area contributed by atoms with Crippen molar-refractivity contribution < 1.29 is 9.53 Å². The van der Waals surface area contributed by atoms with Crippen LogP contribution in [0.2, 0.25) is 0 Å². The molecular formula is C28H31N3O3. The molecule has 0 atom stereocenters. The minimum Gasteiger partial charge on any atom is -0.465 e. The van der Waals surface area contributed by atoms with Gasteiger partial charge >= 0.3 is 5.97 Å². The Balaban J connectivity index is 1.73. The van der Waals surface area contributed by atoms with Gasteiger partial charge in [-0.25, -0.2) is 4.79 Å². The highest BCUT2D eigenvalue weighted by atomic mass is 16.5. The lowest BCUT2D eigenvalue weighted by atomic mass is 9.94. The third kappa shape index (κ3) is 5.03. The number of fused-ring (bicyclic) bond motifs is 3. The number of carbonyl (C=O) groups excluding carboxylic acids is 1. The third-order valence-electron chi connectivity index (χ3n) is 6.14. The van der Waals surface area contributed by atoms with E-state index in [0.717, 1.165) is 42.6 Å². The number of nitrogens with one attached hydrogen (secondary N) is 1. The van der Waals surface area contributed by atoms with Gasteiger partial charge in [0.25, 0.3) is 5.56 Å². The Morgan fingerprint density at radius 1 is 0.941 bits per heavy atom. The average molecular weight is 458 g/mol. The number of rotatable bonds is 8. The highest BCUT2D eigenvalue weighted by Gasteiger charge is 2.16. The maximum Gasteiger partial charge on any atom is 0.338 e. The fourth-order valence-corrected chi connectivity index (χ4v) is 4.47. The van der Waals surface area contributed by atoms with Crippen LogP contribution in [0.3, 0.4) is 0 Å². The molecule has 0 saturated heterocycles. The number of ether oxygens (including phenoxy) is 1. The molecule has 4 aromatic rings. The van der Waals surface area contributed by atoms with Crippen molar-refractivity contribution in [3.8, 4) is 11.1 Å². The van der Waals surface area contributed by atoms with Gasteiger partial charge in [-0.2, -0.15) is 0 Å². The number of H-pyrrole nitrogens is 1. The number of nitrogens with zero attached hydrogens (tertiary/aromatic N) is 2. The molecule has 1 N–H and O–H groups in total. The van der Waals surface area contributed by atoms with E-state index >= 15 is 0 Å². The topological polar surface area (TPSA) is 65.6 Å². The van der Waals surface area contributed by atoms with Crippen molar-refractivity contribution >= 4 is 27.5 Å². The lowest BCUT2D eigenvalue weighted by molar-refractivity contribution is 0.0603. The molecule has 3 aromatic carbocycles. The zero-order chi connectivity index (χ0) is 24.2. The Hall–Kier alpha value is -3.48. The monoisotopic (exact) mass is 457 g/mol. The second-order valence-corrected chi connectivity index (χ2v) is 9.04. The molecule has 6 nitrogen and oxygen atoms in total. The van der Waals surface area contributed by atoms with Crippen molar-refractivity contribution in [2.24, 2.45) is 0 Å². The van der Waals surface area contributed by atoms with Gasteiger partial charge in [0.2, 0.25) is 0 Å². The number of hydrogen-bond donors (Lipinski definition) is 1. The molecule has 1 aromatic heterocycles. The Labute approximate surface area is 199 Å². The van der Waals surface area contributed by atoms with E-state index in [0.29, 0.717) is 21.7 Å². The lowest BCUT2D eigenvalue weighted by Gasteiger charge is -2.18. The minimum absolute atomic E-state index is 0.177. The van der Waals surface area contributed by atoms with Gasteiger partial charge in [0.15, 0.2) is 0 Å². The molecular weight excluding hydrogens is 426 g/mol. The van der Waals surface area contributed by atoms with Gasteiger partial charge in [-0.05, 0) is 97.8 Å². The van der Waals surface area contributed by atoms with Crippen LogP contribution in [0, 0.1) is 0 Å². The van der Waals surface area contributed by atoms with Crippen LogP contribution >= 0.6 is 0 Å². The predicted octanol–water partition coefficient (Wildman–Crippen LogP) is 4.52. The van der Waals surface area contributed by atoms with Crippen molar-refractivity contribution in [2.45, 2.75) is 13.0 Å². The molecule has 6 heteroatoms. The molecule has 0 bridgehead atoms. The summed E-state index contributed by atoms with van der Waals surface area (Å²) in [6.07, 6.45) is 2.72. The second-order valence-electron chi connectivity index (χ2n) is 9.04. The van der Waals surface area contributed by atoms with Gasteiger partial charge in [0.05, 0.1) is 18.1 Å². The highest BCUT2D eigenvalue weighted by Crippen LogP contribution is 2.32. The maximum absolute atomic E-state index is 12.7. The first kappa shape index (κ1) is 23.7. The molecule has 0 aliphatic heterocycles. The van der Waals surface area contributed by atoms with E-state index in [1.54, 1.807) is 12.3 Å². The summed E-state index contributed by atoms with van der Waals surface area (Å²) in [5.74, 6) is -0.417. The standard InChI is InChI=1S/C28H31N3O3/c1-30(2)13-6-14-31(3)18-19-7-5-8-20(15-19)21-9-10-23-24(16-21)26-22(11-12-29-27(26)32)17-25(23)28(33)34-4/h5,7-12,15-17H,6,13-14,18H2,1-4H3,(H,29,32). The first-order chi connectivity index (χ1) is 16.4. The average Bonchev–Trinajstić information content (AvgIpc) is 2.82. The van der Waals surface area contributed by atoms with E-state index in [1.807, 2.05) is 24.3 Å². The summed E-state index contributed by atoms with van der Waals surface area (Å²) >= 11 is 0. The van der Waals surface area contributed by atoms with Crippen molar-refractivity contribution in [1.29, 1.82) is 0 Å². The van der Waals surface area contributed by atoms with Gasteiger partial charge in [0, 0.05) is 12.7 Å². The van der Waals surface area contributed by atoms with E-state index in [1.165, 1.54) is 12.7 Å². The third-order valence-corrected chi connectivity index (χ3v) is 6.14. The Bertz CT molecular complexity index is 1390. The van der Waals surface area contributed by atoms with Gasteiger partial charge in [-0.1, -0.05) is 30.3 Å². The highest BCUT2D eigenvalue weighted by molar-refractivity contribution is 6.16. The summed E-state index contributed by atoms with van der Waals surface area (Å²) in [5, 5.41) is 2.73. The molecule has 176 valence electrons. The number of benzene rings is 3. The van der Waals surface area contributed by atoms with Crippen LogP contribution in [0.25, 0.3) is 32.7 Å². The quantitative estimate of drug-likeness (QED) is 0.311. The first-order valence-electron chi connectivity index (χ1n) is 11.5. The van der Waals surface area contributed by atoms with Gasteiger partial charge in [-0.15, -0.1) is 0 Å². The van der Waals surface area contributed by atoms with E-state index in [2.05, 4.69) is 60.2 Å². The van der Waals surface area contributed by atoms with Crippen molar-refractivity contribution in [2.75, 3.05) is 41.3 Å². The molecule has 1 heterocycles. The van der Waals surface area contributed by atoms with Crippen LogP contribution in [0.4, 0.5) is 0 Å². The summed E-state index contributed by atoms with van der Waals surface area (Å²) in [7, 11) is 7.70. The predicted molar refractivity (Wildman–Crippen MR) is 138 cm³/mol. The van der Waals surface area contributed by atoms with E-state index in [-0.39, 0.29) is 5.56 Å². The fraction of sp³-hybridized carbons (Fsp3) is 0.286. The van der Waals surface area contributed by atoms with E-state index in [4.69, 9.17) is 4.74 Å². The summed E-state index contributed by atoms with van der Waals surface area (Å²) in [6, 6.07) is 17.9. The number of aromatic amines is 1. The second kappa shape index (κ2) is 10.2. The smallest absolute Gasteiger partial charge is 0.338 e. The summed E-state index contributed by atoms with van der Waals surface area (Å²) in [4.78, 5) is 32.5.